The van der Waals surface area contributed by atoms with Gasteiger partial charge in [0.1, 0.15) is 5.75 Å². The van der Waals surface area contributed by atoms with E-state index < -0.39 is 0 Å². The zero-order valence-corrected chi connectivity index (χ0v) is 14.4. The Kier molecular flexibility index (Phi) is 7.38. The summed E-state index contributed by atoms with van der Waals surface area (Å²) in [5.41, 5.74) is 6.71. The van der Waals surface area contributed by atoms with Crippen LogP contribution in [0, 0.1) is 0 Å². The number of guanidine groups is 1. The summed E-state index contributed by atoms with van der Waals surface area (Å²) in [6.45, 7) is 0.684. The molecule has 0 aliphatic heterocycles. The average molecular weight is 403 g/mol. The molecule has 20 heavy (non-hydrogen) atoms. The van der Waals surface area contributed by atoms with Crippen molar-refractivity contribution in [3.8, 4) is 5.75 Å². The maximum absolute atomic E-state index is 5.84. The lowest BCUT2D eigenvalue weighted by Gasteiger charge is -2.07. The van der Waals surface area contributed by atoms with Gasteiger partial charge in [-0.05, 0) is 23.6 Å². The van der Waals surface area contributed by atoms with E-state index in [1.54, 1.807) is 18.4 Å². The highest BCUT2D eigenvalue weighted by atomic mass is 127. The summed E-state index contributed by atoms with van der Waals surface area (Å²) in [6.07, 6.45) is 0.915. The van der Waals surface area contributed by atoms with E-state index in [0.717, 1.165) is 17.9 Å². The van der Waals surface area contributed by atoms with Crippen LogP contribution in [-0.2, 0) is 6.42 Å². The number of rotatable bonds is 5. The van der Waals surface area contributed by atoms with Gasteiger partial charge in [-0.25, -0.2) is 0 Å². The van der Waals surface area contributed by atoms with Crippen LogP contribution in [0.4, 0.5) is 5.69 Å². The fraction of sp³-hybridized carbons (Fsp3) is 0.214. The quantitative estimate of drug-likeness (QED) is 0.458. The molecular formula is C14H18IN3OS. The first kappa shape index (κ1) is 16.8. The third-order valence-corrected chi connectivity index (χ3v) is 3.50. The van der Waals surface area contributed by atoms with Crippen LogP contribution in [0.2, 0.25) is 0 Å². The molecule has 3 N–H and O–H groups in total. The summed E-state index contributed by atoms with van der Waals surface area (Å²) in [5.74, 6) is 1.21. The molecule has 1 aromatic carbocycles. The Morgan fingerprint density at radius 2 is 2.20 bits per heavy atom. The molecule has 0 radical (unpaired) electrons. The smallest absolute Gasteiger partial charge is 0.193 e. The van der Waals surface area contributed by atoms with Crippen molar-refractivity contribution in [1.82, 2.24) is 0 Å². The van der Waals surface area contributed by atoms with Crippen LogP contribution < -0.4 is 15.8 Å². The van der Waals surface area contributed by atoms with E-state index in [1.165, 1.54) is 4.88 Å². The van der Waals surface area contributed by atoms with E-state index in [9.17, 15) is 0 Å². The molecule has 0 spiro atoms. The van der Waals surface area contributed by atoms with Gasteiger partial charge in [0.05, 0.1) is 7.11 Å². The van der Waals surface area contributed by atoms with Crippen LogP contribution >= 0.6 is 35.3 Å². The first-order valence-electron chi connectivity index (χ1n) is 6.01. The van der Waals surface area contributed by atoms with Crippen LogP contribution in [0.25, 0.3) is 0 Å². The van der Waals surface area contributed by atoms with E-state index >= 15 is 0 Å². The lowest BCUT2D eigenvalue weighted by molar-refractivity contribution is 0.415. The molecule has 0 fully saturated rings. The van der Waals surface area contributed by atoms with E-state index in [2.05, 4.69) is 21.8 Å². The molecule has 108 valence electrons. The molecule has 0 aliphatic rings. The molecule has 6 heteroatoms. The van der Waals surface area contributed by atoms with E-state index in [0.29, 0.717) is 12.5 Å². The summed E-state index contributed by atoms with van der Waals surface area (Å²) in [6, 6.07) is 11.7. The fourth-order valence-corrected chi connectivity index (χ4v) is 2.33. The maximum Gasteiger partial charge on any atom is 0.193 e. The molecule has 0 saturated carbocycles. The number of nitrogens with two attached hydrogens (primary N) is 1. The Hall–Kier alpha value is -1.28. The fourth-order valence-electron chi connectivity index (χ4n) is 1.63. The lowest BCUT2D eigenvalue weighted by atomic mass is 10.3. The summed E-state index contributed by atoms with van der Waals surface area (Å²) in [7, 11) is 1.64. The first-order valence-corrected chi connectivity index (χ1v) is 6.89. The van der Waals surface area contributed by atoms with Crippen molar-refractivity contribution >= 4 is 47.0 Å². The van der Waals surface area contributed by atoms with Crippen molar-refractivity contribution in [2.24, 2.45) is 10.7 Å². The predicted octanol–water partition coefficient (Wildman–Crippen LogP) is 3.34. The number of halogens is 1. The van der Waals surface area contributed by atoms with Crippen LogP contribution in [0.5, 0.6) is 5.75 Å². The van der Waals surface area contributed by atoms with Gasteiger partial charge in [-0.2, -0.15) is 0 Å². The summed E-state index contributed by atoms with van der Waals surface area (Å²) >= 11 is 1.74. The third kappa shape index (κ3) is 5.38. The highest BCUT2D eigenvalue weighted by molar-refractivity contribution is 14.0. The average Bonchev–Trinajstić information content (AvgIpc) is 2.92. The molecule has 0 saturated heterocycles. The Balaban J connectivity index is 0.00000200. The molecule has 0 unspecified atom stereocenters. The minimum atomic E-state index is 0. The number of nitrogens with zero attached hydrogens (tertiary/aromatic N) is 1. The van der Waals surface area contributed by atoms with Crippen LogP contribution in [-0.4, -0.2) is 19.6 Å². The largest absolute Gasteiger partial charge is 0.497 e. The maximum atomic E-state index is 5.84. The van der Waals surface area contributed by atoms with Gasteiger partial charge < -0.3 is 15.8 Å². The molecule has 2 rings (SSSR count). The molecule has 1 heterocycles. The van der Waals surface area contributed by atoms with Crippen molar-refractivity contribution in [2.45, 2.75) is 6.42 Å². The predicted molar refractivity (Wildman–Crippen MR) is 96.5 cm³/mol. The number of benzene rings is 1. The number of hydrogen-bond donors (Lipinski definition) is 2. The second-order valence-electron chi connectivity index (χ2n) is 3.95. The zero-order chi connectivity index (χ0) is 13.5. The second-order valence-corrected chi connectivity index (χ2v) is 4.99. The standard InChI is InChI=1S/C14H17N3OS.HI/c1-18-12-5-2-4-11(10-12)17-14(15)16-8-7-13-6-3-9-19-13;/h2-6,9-10H,7-8H2,1H3,(H3,15,16,17);1H. The molecule has 0 bridgehead atoms. The third-order valence-electron chi connectivity index (χ3n) is 2.56. The number of aliphatic imine (C=N–C) groups is 1. The van der Waals surface area contributed by atoms with Gasteiger partial charge in [0.15, 0.2) is 5.96 Å². The summed E-state index contributed by atoms with van der Waals surface area (Å²) < 4.78 is 5.15. The molecule has 4 nitrogen and oxygen atoms in total. The Labute approximate surface area is 140 Å². The van der Waals surface area contributed by atoms with Crippen LogP contribution in [0.15, 0.2) is 46.8 Å². The molecule has 0 amide bonds. The number of hydrogen-bond acceptors (Lipinski definition) is 3. The topological polar surface area (TPSA) is 59.6 Å². The van der Waals surface area contributed by atoms with Gasteiger partial charge in [0, 0.05) is 29.6 Å². The number of thiophene rings is 1. The van der Waals surface area contributed by atoms with Gasteiger partial charge >= 0.3 is 0 Å². The van der Waals surface area contributed by atoms with Gasteiger partial charge in [-0.15, -0.1) is 35.3 Å². The molecule has 2 aromatic rings. The highest BCUT2D eigenvalue weighted by Gasteiger charge is 1.98. The van der Waals surface area contributed by atoms with Gasteiger partial charge in [-0.3, -0.25) is 4.99 Å². The minimum Gasteiger partial charge on any atom is -0.497 e. The van der Waals surface area contributed by atoms with E-state index in [4.69, 9.17) is 10.5 Å². The molecule has 1 aromatic heterocycles. The number of anilines is 1. The highest BCUT2D eigenvalue weighted by Crippen LogP contribution is 2.16. The lowest BCUT2D eigenvalue weighted by Crippen LogP contribution is -2.23. The van der Waals surface area contributed by atoms with Gasteiger partial charge in [0.25, 0.3) is 0 Å². The number of ether oxygens (including phenoxy) is 1. The van der Waals surface area contributed by atoms with Crippen molar-refractivity contribution < 1.29 is 4.74 Å². The normalized spacial score (nSPS) is 10.8. The van der Waals surface area contributed by atoms with Crippen LogP contribution in [0.3, 0.4) is 0 Å². The van der Waals surface area contributed by atoms with Gasteiger partial charge in [-0.1, -0.05) is 12.1 Å². The molecule has 0 aliphatic carbocycles. The summed E-state index contributed by atoms with van der Waals surface area (Å²) in [5, 5.41) is 5.11. The van der Waals surface area contributed by atoms with Crippen molar-refractivity contribution in [1.29, 1.82) is 0 Å². The van der Waals surface area contributed by atoms with Crippen molar-refractivity contribution in [2.75, 3.05) is 19.0 Å². The SMILES string of the molecule is COc1cccc(NC(N)=NCCc2cccs2)c1.I. The van der Waals surface area contributed by atoms with Crippen molar-refractivity contribution in [3.05, 3.63) is 46.7 Å². The van der Waals surface area contributed by atoms with E-state index in [1.807, 2.05) is 30.3 Å². The second kappa shape index (κ2) is 8.80. The molecular weight excluding hydrogens is 385 g/mol. The molecule has 0 atom stereocenters. The Morgan fingerprint density at radius 3 is 2.90 bits per heavy atom. The number of methoxy groups -OCH3 is 1. The van der Waals surface area contributed by atoms with Gasteiger partial charge in [0.2, 0.25) is 0 Å². The Bertz CT molecular complexity index is 543. The Morgan fingerprint density at radius 1 is 1.35 bits per heavy atom. The zero-order valence-electron chi connectivity index (χ0n) is 11.2. The summed E-state index contributed by atoms with van der Waals surface area (Å²) in [4.78, 5) is 5.62. The number of nitrogens with one attached hydrogen (secondary N) is 1. The minimum absolute atomic E-state index is 0. The van der Waals surface area contributed by atoms with Crippen molar-refractivity contribution in [3.63, 3.8) is 0 Å². The monoisotopic (exact) mass is 403 g/mol. The first-order chi connectivity index (χ1) is 9.28. The van der Waals surface area contributed by atoms with Crippen LogP contribution in [0.1, 0.15) is 4.88 Å². The van der Waals surface area contributed by atoms with E-state index in [-0.39, 0.29) is 24.0 Å².